The average Bonchev–Trinajstić information content (AvgIpc) is 2.97. The highest BCUT2D eigenvalue weighted by Gasteiger charge is 2.17. The van der Waals surface area contributed by atoms with Crippen LogP contribution in [0.25, 0.3) is 11.0 Å². The fourth-order valence-electron chi connectivity index (χ4n) is 2.77. The van der Waals surface area contributed by atoms with Crippen LogP contribution in [0.5, 0.6) is 0 Å². The second kappa shape index (κ2) is 6.43. The average molecular weight is 322 g/mol. The van der Waals surface area contributed by atoms with Crippen molar-refractivity contribution in [1.82, 2.24) is 20.1 Å². The Labute approximate surface area is 141 Å². The molecule has 0 aliphatic heterocycles. The quantitative estimate of drug-likeness (QED) is 0.794. The smallest absolute Gasteiger partial charge is 0.253 e. The van der Waals surface area contributed by atoms with Gasteiger partial charge in [0.05, 0.1) is 23.5 Å². The van der Waals surface area contributed by atoms with Crippen LogP contribution in [0.15, 0.2) is 42.6 Å². The zero-order valence-corrected chi connectivity index (χ0v) is 14.4. The van der Waals surface area contributed by atoms with Gasteiger partial charge in [0.2, 0.25) is 0 Å². The first kappa shape index (κ1) is 16.2. The molecule has 1 aromatic carbocycles. The summed E-state index contributed by atoms with van der Waals surface area (Å²) in [7, 11) is 0. The Kier molecular flexibility index (Phi) is 4.34. The van der Waals surface area contributed by atoms with E-state index in [1.54, 1.807) is 6.20 Å². The normalized spacial score (nSPS) is 12.5. The molecule has 2 aromatic heterocycles. The first-order chi connectivity index (χ1) is 11.5. The van der Waals surface area contributed by atoms with Gasteiger partial charge in [0.1, 0.15) is 0 Å². The molecule has 0 fully saturated rings. The number of amides is 1. The van der Waals surface area contributed by atoms with Gasteiger partial charge in [-0.1, -0.05) is 30.3 Å². The Morgan fingerprint density at radius 3 is 2.54 bits per heavy atom. The van der Waals surface area contributed by atoms with E-state index in [-0.39, 0.29) is 18.0 Å². The second-order valence-electron chi connectivity index (χ2n) is 6.32. The van der Waals surface area contributed by atoms with Crippen LogP contribution in [0.4, 0.5) is 0 Å². The summed E-state index contributed by atoms with van der Waals surface area (Å²) in [5.74, 6) is -0.115. The molecule has 0 spiro atoms. The fourth-order valence-corrected chi connectivity index (χ4v) is 2.77. The Hall–Kier alpha value is -2.69. The third-order valence-corrected chi connectivity index (χ3v) is 4.14. The molecular formula is C19H22N4O. The van der Waals surface area contributed by atoms with Crippen LogP contribution in [-0.2, 0) is 0 Å². The van der Waals surface area contributed by atoms with Crippen LogP contribution in [-0.4, -0.2) is 20.7 Å². The Balaban J connectivity index is 1.89. The number of aromatic nitrogens is 3. The summed E-state index contributed by atoms with van der Waals surface area (Å²) in [5.41, 5.74) is 3.19. The molecule has 5 nitrogen and oxygen atoms in total. The maximum Gasteiger partial charge on any atom is 0.253 e. The summed E-state index contributed by atoms with van der Waals surface area (Å²) in [6.07, 6.45) is 1.76. The van der Waals surface area contributed by atoms with Crippen molar-refractivity contribution in [3.63, 3.8) is 0 Å². The molecule has 0 saturated heterocycles. The molecule has 0 unspecified atom stereocenters. The summed E-state index contributed by atoms with van der Waals surface area (Å²) in [6.45, 7) is 7.96. The van der Waals surface area contributed by atoms with Crippen molar-refractivity contribution in [1.29, 1.82) is 0 Å². The lowest BCUT2D eigenvalue weighted by atomic mass is 10.1. The number of rotatable bonds is 4. The molecule has 1 N–H and O–H groups in total. The van der Waals surface area contributed by atoms with Crippen molar-refractivity contribution in [2.45, 2.75) is 39.8 Å². The number of aryl methyl sites for hydroxylation is 1. The first-order valence-corrected chi connectivity index (χ1v) is 8.18. The van der Waals surface area contributed by atoms with Crippen molar-refractivity contribution in [3.8, 4) is 0 Å². The Morgan fingerprint density at radius 1 is 1.17 bits per heavy atom. The van der Waals surface area contributed by atoms with Crippen LogP contribution in [0, 0.1) is 6.92 Å². The minimum atomic E-state index is -0.115. The van der Waals surface area contributed by atoms with Gasteiger partial charge in [-0.25, -0.2) is 9.67 Å². The molecule has 0 aliphatic carbocycles. The van der Waals surface area contributed by atoms with Gasteiger partial charge in [-0.05, 0) is 39.3 Å². The highest BCUT2D eigenvalue weighted by atomic mass is 16.1. The van der Waals surface area contributed by atoms with Crippen LogP contribution >= 0.6 is 0 Å². The number of carbonyl (C=O) groups is 1. The van der Waals surface area contributed by atoms with Crippen molar-refractivity contribution in [3.05, 3.63) is 59.4 Å². The van der Waals surface area contributed by atoms with Crippen molar-refractivity contribution >= 4 is 16.9 Å². The molecular weight excluding hydrogens is 300 g/mol. The number of hydrogen-bond acceptors (Lipinski definition) is 3. The van der Waals surface area contributed by atoms with E-state index in [1.807, 2.05) is 54.9 Å². The molecule has 2 heterocycles. The van der Waals surface area contributed by atoms with E-state index in [0.717, 1.165) is 16.6 Å². The SMILES string of the molecule is Cc1nc2c(cnn2C(C)C)cc1C(=O)N[C@@H](C)c1ccccc1. The van der Waals surface area contributed by atoms with Crippen LogP contribution in [0.1, 0.15) is 54.5 Å². The molecule has 5 heteroatoms. The minimum absolute atomic E-state index is 0.0628. The number of nitrogens with zero attached hydrogens (tertiary/aromatic N) is 3. The lowest BCUT2D eigenvalue weighted by molar-refractivity contribution is 0.0939. The predicted octanol–water partition coefficient (Wildman–Crippen LogP) is 3.81. The molecule has 24 heavy (non-hydrogen) atoms. The van der Waals surface area contributed by atoms with Crippen LogP contribution in [0.2, 0.25) is 0 Å². The molecule has 3 rings (SSSR count). The van der Waals surface area contributed by atoms with E-state index in [0.29, 0.717) is 11.3 Å². The molecule has 0 aliphatic rings. The molecule has 1 atom stereocenters. The number of pyridine rings is 1. The van der Waals surface area contributed by atoms with Crippen molar-refractivity contribution in [2.75, 3.05) is 0 Å². The van der Waals surface area contributed by atoms with E-state index >= 15 is 0 Å². The lowest BCUT2D eigenvalue weighted by Crippen LogP contribution is -2.27. The van der Waals surface area contributed by atoms with E-state index < -0.39 is 0 Å². The lowest BCUT2D eigenvalue weighted by Gasteiger charge is -2.15. The molecule has 0 bridgehead atoms. The zero-order valence-electron chi connectivity index (χ0n) is 14.4. The molecule has 124 valence electrons. The second-order valence-corrected chi connectivity index (χ2v) is 6.32. The summed E-state index contributed by atoms with van der Waals surface area (Å²) < 4.78 is 1.87. The highest BCUT2D eigenvalue weighted by molar-refractivity contribution is 5.98. The first-order valence-electron chi connectivity index (χ1n) is 8.18. The third-order valence-electron chi connectivity index (χ3n) is 4.14. The molecule has 1 amide bonds. The van der Waals surface area contributed by atoms with E-state index in [9.17, 15) is 4.79 Å². The zero-order chi connectivity index (χ0) is 17.3. The summed E-state index contributed by atoms with van der Waals surface area (Å²) >= 11 is 0. The predicted molar refractivity (Wildman–Crippen MR) is 95.0 cm³/mol. The third kappa shape index (κ3) is 3.02. The number of fused-ring (bicyclic) bond motifs is 1. The van der Waals surface area contributed by atoms with Crippen LogP contribution < -0.4 is 5.32 Å². The van der Waals surface area contributed by atoms with Gasteiger partial charge >= 0.3 is 0 Å². The molecule has 3 aromatic rings. The van der Waals surface area contributed by atoms with Crippen molar-refractivity contribution in [2.24, 2.45) is 0 Å². The minimum Gasteiger partial charge on any atom is -0.345 e. The topological polar surface area (TPSA) is 59.8 Å². The number of benzene rings is 1. The van der Waals surface area contributed by atoms with E-state index in [4.69, 9.17) is 0 Å². The van der Waals surface area contributed by atoms with Gasteiger partial charge in [0.15, 0.2) is 5.65 Å². The number of nitrogens with one attached hydrogen (secondary N) is 1. The Morgan fingerprint density at radius 2 is 1.88 bits per heavy atom. The van der Waals surface area contributed by atoms with Gasteiger partial charge in [-0.15, -0.1) is 0 Å². The monoisotopic (exact) mass is 322 g/mol. The van der Waals surface area contributed by atoms with Gasteiger partial charge < -0.3 is 5.32 Å². The van der Waals surface area contributed by atoms with Gasteiger partial charge in [-0.3, -0.25) is 4.79 Å². The molecule has 0 saturated carbocycles. The van der Waals surface area contributed by atoms with Gasteiger partial charge in [0.25, 0.3) is 5.91 Å². The maximum atomic E-state index is 12.7. The molecule has 0 radical (unpaired) electrons. The summed E-state index contributed by atoms with van der Waals surface area (Å²) in [6, 6.07) is 12.0. The van der Waals surface area contributed by atoms with Gasteiger partial charge in [-0.2, -0.15) is 5.10 Å². The number of hydrogen-bond donors (Lipinski definition) is 1. The van der Waals surface area contributed by atoms with Gasteiger partial charge in [0, 0.05) is 11.4 Å². The summed E-state index contributed by atoms with van der Waals surface area (Å²) in [4.78, 5) is 17.3. The number of carbonyl (C=O) groups excluding carboxylic acids is 1. The van der Waals surface area contributed by atoms with Crippen LogP contribution in [0.3, 0.4) is 0 Å². The summed E-state index contributed by atoms with van der Waals surface area (Å²) in [5, 5.41) is 8.29. The fraction of sp³-hybridized carbons (Fsp3) is 0.316. The maximum absolute atomic E-state index is 12.7. The highest BCUT2D eigenvalue weighted by Crippen LogP contribution is 2.20. The Bertz CT molecular complexity index is 868. The van der Waals surface area contributed by atoms with Crippen molar-refractivity contribution < 1.29 is 4.79 Å². The van der Waals surface area contributed by atoms with E-state index in [1.165, 1.54) is 0 Å². The van der Waals surface area contributed by atoms with E-state index in [2.05, 4.69) is 29.2 Å². The largest absolute Gasteiger partial charge is 0.345 e. The standard InChI is InChI=1S/C19H22N4O/c1-12(2)23-18-16(11-20-23)10-17(14(4)21-18)19(24)22-13(3)15-8-6-5-7-9-15/h5-13H,1-4H3,(H,22,24)/t13-/m0/s1.